The van der Waals surface area contributed by atoms with Gasteiger partial charge in [0, 0.05) is 43.9 Å². The summed E-state index contributed by atoms with van der Waals surface area (Å²) < 4.78 is 19.7. The maximum absolute atomic E-state index is 13.5. The summed E-state index contributed by atoms with van der Waals surface area (Å²) in [5.41, 5.74) is 6.29. The van der Waals surface area contributed by atoms with Crippen molar-refractivity contribution in [1.29, 1.82) is 0 Å². The number of nitrogens with one attached hydrogen (secondary N) is 1. The molecular formula is C34H51BN6O6. The van der Waals surface area contributed by atoms with Crippen molar-refractivity contribution in [3.63, 3.8) is 0 Å². The summed E-state index contributed by atoms with van der Waals surface area (Å²) in [4.78, 5) is 41.8. The number of methoxy groups -OCH3 is 1. The number of carbonyl (C=O) groups excluding carboxylic acids is 3. The highest BCUT2D eigenvalue weighted by Gasteiger charge is 2.58. The monoisotopic (exact) mass is 650 g/mol. The fraction of sp³-hybridized carbons (Fsp3) is 0.676. The smallest absolute Gasteiger partial charge is 0.410 e. The first-order valence-electron chi connectivity index (χ1n) is 16.7. The van der Waals surface area contributed by atoms with Crippen molar-refractivity contribution in [2.45, 2.75) is 115 Å². The fourth-order valence-electron chi connectivity index (χ4n) is 7.01. The van der Waals surface area contributed by atoms with E-state index in [9.17, 15) is 14.4 Å². The molecule has 0 saturated carbocycles. The van der Waals surface area contributed by atoms with Gasteiger partial charge in [0.05, 0.1) is 25.7 Å². The number of cyclic esters (lactones) is 1. The Morgan fingerprint density at radius 3 is 2.55 bits per heavy atom. The van der Waals surface area contributed by atoms with Crippen molar-refractivity contribution < 1.29 is 28.6 Å². The molecule has 0 bridgehead atoms. The van der Waals surface area contributed by atoms with Gasteiger partial charge >= 0.3 is 12.1 Å². The van der Waals surface area contributed by atoms with Crippen LogP contribution in [0.15, 0.2) is 30.5 Å². The van der Waals surface area contributed by atoms with Crippen LogP contribution in [0.1, 0.15) is 73.6 Å². The van der Waals surface area contributed by atoms with E-state index in [0.29, 0.717) is 44.6 Å². The van der Waals surface area contributed by atoms with E-state index in [2.05, 4.69) is 22.6 Å². The lowest BCUT2D eigenvalue weighted by Gasteiger charge is -2.41. The van der Waals surface area contributed by atoms with Crippen LogP contribution in [0.3, 0.4) is 0 Å². The zero-order valence-corrected chi connectivity index (χ0v) is 28.9. The molecule has 1 aromatic heterocycles. The molecule has 13 heteroatoms. The Morgan fingerprint density at radius 2 is 1.87 bits per heavy atom. The molecule has 1 aromatic carbocycles. The van der Waals surface area contributed by atoms with Gasteiger partial charge in [0.25, 0.3) is 0 Å². The molecule has 0 spiro atoms. The molecule has 4 rings (SSSR count). The number of benzene rings is 1. The summed E-state index contributed by atoms with van der Waals surface area (Å²) in [5, 5.41) is 12.2. The number of ketones is 1. The van der Waals surface area contributed by atoms with Crippen LogP contribution in [0, 0.1) is 11.8 Å². The van der Waals surface area contributed by atoms with Gasteiger partial charge in [-0.05, 0) is 83.8 Å². The van der Waals surface area contributed by atoms with Gasteiger partial charge in [0.15, 0.2) is 5.60 Å². The summed E-state index contributed by atoms with van der Waals surface area (Å²) in [6.45, 7) is 13.0. The van der Waals surface area contributed by atoms with Crippen LogP contribution in [0.2, 0.25) is 5.82 Å². The molecule has 2 radical (unpaired) electrons. The van der Waals surface area contributed by atoms with Gasteiger partial charge in [0.1, 0.15) is 23.5 Å². The molecule has 2 saturated heterocycles. The predicted octanol–water partition coefficient (Wildman–Crippen LogP) is 4.18. The third-order valence-corrected chi connectivity index (χ3v) is 10.0. The topological polar surface area (TPSA) is 151 Å². The molecule has 1 amide bonds. The van der Waals surface area contributed by atoms with E-state index in [-0.39, 0.29) is 24.2 Å². The van der Waals surface area contributed by atoms with Crippen molar-refractivity contribution >= 4 is 31.4 Å². The molecule has 3 heterocycles. The molecule has 2 fully saturated rings. The van der Waals surface area contributed by atoms with Crippen LogP contribution in [0.25, 0.3) is 11.3 Å². The Hall–Kier alpha value is -3.45. The molecule has 2 aliphatic rings. The number of Topliss-reactive ketones (excluding diaryl/α,β-unsaturated/α-hetero) is 1. The number of aryl methyl sites for hydroxylation is 1. The summed E-state index contributed by atoms with van der Waals surface area (Å²) in [6, 6.07) is 6.84. The van der Waals surface area contributed by atoms with Crippen LogP contribution in [0.4, 0.5) is 10.5 Å². The minimum absolute atomic E-state index is 0.0204. The number of unbranched alkanes of at least 4 members (excludes halogenated alkanes) is 1. The minimum atomic E-state index is -1.16. The number of nitrogen functional groups attached to an aromatic ring is 1. The van der Waals surface area contributed by atoms with Crippen LogP contribution >= 0.6 is 0 Å². The fourth-order valence-corrected chi connectivity index (χ4v) is 7.01. The van der Waals surface area contributed by atoms with Crippen molar-refractivity contribution in [3.8, 4) is 11.3 Å². The Balaban J connectivity index is 1.52. The first-order valence-corrected chi connectivity index (χ1v) is 16.7. The number of carbonyl (C=O) groups is 3. The normalized spacial score (nSPS) is 32.7. The molecule has 0 unspecified atom stereocenters. The molecule has 2 aliphatic heterocycles. The average molecular weight is 651 g/mol. The van der Waals surface area contributed by atoms with Crippen molar-refractivity contribution in [1.82, 2.24) is 25.2 Å². The third kappa shape index (κ3) is 8.17. The summed E-state index contributed by atoms with van der Waals surface area (Å²) in [5.74, 6) is -2.47. The largest absolute Gasteiger partial charge is 0.458 e. The van der Waals surface area contributed by atoms with E-state index in [1.54, 1.807) is 23.6 Å². The molecular weight excluding hydrogens is 599 g/mol. The summed E-state index contributed by atoms with van der Waals surface area (Å²) in [7, 11) is 8.10. The first kappa shape index (κ1) is 36.4. The Morgan fingerprint density at radius 1 is 1.15 bits per heavy atom. The highest BCUT2D eigenvalue weighted by Crippen LogP contribution is 2.39. The zero-order valence-electron chi connectivity index (χ0n) is 28.9. The van der Waals surface area contributed by atoms with Crippen molar-refractivity contribution in [2.24, 2.45) is 11.8 Å². The van der Waals surface area contributed by atoms with Gasteiger partial charge in [0.2, 0.25) is 0 Å². The second-order valence-electron chi connectivity index (χ2n) is 13.7. The van der Waals surface area contributed by atoms with E-state index in [1.807, 2.05) is 58.2 Å². The van der Waals surface area contributed by atoms with Gasteiger partial charge in [-0.2, -0.15) is 0 Å². The third-order valence-electron chi connectivity index (χ3n) is 10.0. The lowest BCUT2D eigenvalue weighted by atomic mass is 9.67. The highest BCUT2D eigenvalue weighted by molar-refractivity contribution is 6.15. The number of nitrogens with zero attached hydrogens (tertiary/aromatic N) is 4. The molecule has 47 heavy (non-hydrogen) atoms. The number of anilines is 1. The molecule has 256 valence electrons. The lowest BCUT2D eigenvalue weighted by molar-refractivity contribution is -0.169. The SMILES string of the molecule is [B][C@@H]1CC(=O)[C@@H](C)C(=O)O[C@H](CC)[C@@]2(C)OC(=O)N(CCCCn3cc(-c4cccc(N)c4)nn3)[C@@H]2[C@@H](C)NC[C@H](C)C[C@]1(C)OC. The van der Waals surface area contributed by atoms with Crippen molar-refractivity contribution in [3.05, 3.63) is 30.5 Å². The van der Waals surface area contributed by atoms with Crippen molar-refractivity contribution in [2.75, 3.05) is 25.9 Å². The van der Waals surface area contributed by atoms with Gasteiger partial charge in [-0.3, -0.25) is 19.2 Å². The van der Waals surface area contributed by atoms with Gasteiger partial charge in [-0.15, -0.1) is 5.10 Å². The van der Waals surface area contributed by atoms with E-state index in [4.69, 9.17) is 27.8 Å². The van der Waals surface area contributed by atoms with E-state index >= 15 is 0 Å². The Kier molecular flexibility index (Phi) is 11.8. The number of hydrogen-bond donors (Lipinski definition) is 2. The molecule has 0 aliphatic carbocycles. The summed E-state index contributed by atoms with van der Waals surface area (Å²) >= 11 is 0. The van der Waals surface area contributed by atoms with Gasteiger partial charge < -0.3 is 25.3 Å². The number of nitrogens with two attached hydrogens (primary N) is 1. The standard InChI is InChI=1S/C34H51BN6O6/c1-8-29-34(6)30(23(4)37-19-21(2)18-33(5,45-7)28(35)17-27(42)22(3)31(43)46-29)41(32(44)47-34)15-10-9-14-40-20-26(38-39-40)24-12-11-13-25(36)16-24/h11-13,16,20-23,28-30,37H,8-10,14-15,17-19,36H2,1-7H3/t21-,22-,23-,28-,29-,30-,33+,34-/m1/s1. The van der Waals surface area contributed by atoms with Crippen LogP contribution < -0.4 is 11.1 Å². The zero-order chi connectivity index (χ0) is 34.5. The number of amides is 1. The molecule has 8 atom stereocenters. The minimum Gasteiger partial charge on any atom is -0.458 e. The number of hydrogen-bond acceptors (Lipinski definition) is 10. The van der Waals surface area contributed by atoms with Gasteiger partial charge in [-0.25, -0.2) is 4.79 Å². The number of fused-ring (bicyclic) bond motifs is 1. The second kappa shape index (κ2) is 15.2. The van der Waals surface area contributed by atoms with Crippen LogP contribution in [-0.2, 0) is 30.3 Å². The first-order chi connectivity index (χ1) is 22.2. The van der Waals surface area contributed by atoms with Crippen LogP contribution in [-0.4, -0.2) is 95.2 Å². The average Bonchev–Trinajstić information content (AvgIpc) is 3.61. The Labute approximate surface area is 279 Å². The highest BCUT2D eigenvalue weighted by atomic mass is 16.6. The van der Waals surface area contributed by atoms with E-state index in [0.717, 1.165) is 17.7 Å². The quantitative estimate of drug-likeness (QED) is 0.140. The molecule has 3 N–H and O–H groups in total. The summed E-state index contributed by atoms with van der Waals surface area (Å²) in [6.07, 6.45) is 3.06. The lowest BCUT2D eigenvalue weighted by Crippen LogP contribution is -2.60. The molecule has 12 nitrogen and oxygen atoms in total. The predicted molar refractivity (Wildman–Crippen MR) is 180 cm³/mol. The van der Waals surface area contributed by atoms with E-state index in [1.165, 1.54) is 0 Å². The number of ether oxygens (including phenoxy) is 3. The van der Waals surface area contributed by atoms with E-state index < -0.39 is 47.1 Å². The maximum Gasteiger partial charge on any atom is 0.410 e. The second-order valence-corrected chi connectivity index (χ2v) is 13.7. The molecule has 2 aromatic rings. The number of aromatic nitrogens is 3. The van der Waals surface area contributed by atoms with Crippen LogP contribution in [0.5, 0.6) is 0 Å². The Bertz CT molecular complexity index is 1410. The van der Waals surface area contributed by atoms with Gasteiger partial charge in [-0.1, -0.05) is 31.2 Å². The number of esters is 1. The maximum atomic E-state index is 13.5. The number of rotatable bonds is 8.